The van der Waals surface area contributed by atoms with E-state index in [4.69, 9.17) is 0 Å². The van der Waals surface area contributed by atoms with Crippen LogP contribution in [0.3, 0.4) is 0 Å². The Morgan fingerprint density at radius 2 is 1.67 bits per heavy atom. The van der Waals surface area contributed by atoms with Crippen LogP contribution in [-0.4, -0.2) is 68.0 Å². The van der Waals surface area contributed by atoms with Gasteiger partial charge in [-0.2, -0.15) is 4.31 Å². The van der Waals surface area contributed by atoms with Crippen LogP contribution in [0.5, 0.6) is 0 Å². The summed E-state index contributed by atoms with van der Waals surface area (Å²) >= 11 is 0. The third-order valence-corrected chi connectivity index (χ3v) is 8.47. The number of carbonyl (C=O) groups excluding carboxylic acids is 1. The van der Waals surface area contributed by atoms with Gasteiger partial charge in [0.05, 0.1) is 6.26 Å². The largest absolute Gasteiger partial charge is 0.371 e. The summed E-state index contributed by atoms with van der Waals surface area (Å²) < 4.78 is 25.6. The molecular formula is C25H34N4O3S. The van der Waals surface area contributed by atoms with E-state index < -0.39 is 10.0 Å². The molecule has 1 amide bonds. The molecule has 0 bridgehead atoms. The molecule has 2 aliphatic rings. The van der Waals surface area contributed by atoms with Gasteiger partial charge in [0, 0.05) is 61.9 Å². The molecule has 0 saturated carbocycles. The molecule has 2 heterocycles. The first-order valence-electron chi connectivity index (χ1n) is 11.6. The highest BCUT2D eigenvalue weighted by atomic mass is 32.2. The number of rotatable bonds is 5. The maximum Gasteiger partial charge on any atom is 0.253 e. The molecule has 0 spiro atoms. The highest BCUT2D eigenvalue weighted by molar-refractivity contribution is 7.88. The number of anilines is 1. The van der Waals surface area contributed by atoms with Crippen molar-refractivity contribution in [2.75, 3.05) is 38.3 Å². The molecule has 1 aromatic carbocycles. The summed E-state index contributed by atoms with van der Waals surface area (Å²) in [5.74, 6) is -0.000455. The molecule has 0 N–H and O–H groups in total. The van der Waals surface area contributed by atoms with Gasteiger partial charge < -0.3 is 9.80 Å². The first kappa shape index (κ1) is 23.7. The van der Waals surface area contributed by atoms with Crippen LogP contribution in [0.2, 0.25) is 0 Å². The first-order valence-corrected chi connectivity index (χ1v) is 13.4. The summed E-state index contributed by atoms with van der Waals surface area (Å²) in [5.41, 5.74) is 5.97. The maximum absolute atomic E-state index is 13.3. The minimum Gasteiger partial charge on any atom is -0.371 e. The van der Waals surface area contributed by atoms with Crippen molar-refractivity contribution in [3.63, 3.8) is 0 Å². The lowest BCUT2D eigenvalue weighted by Gasteiger charge is -2.38. The molecule has 1 atom stereocenters. The molecule has 1 aromatic heterocycles. The molecule has 1 unspecified atom stereocenters. The Labute approximate surface area is 197 Å². The van der Waals surface area contributed by atoms with E-state index in [2.05, 4.69) is 22.0 Å². The van der Waals surface area contributed by atoms with E-state index in [-0.39, 0.29) is 18.0 Å². The third kappa shape index (κ3) is 4.92. The topological polar surface area (TPSA) is 73.8 Å². The van der Waals surface area contributed by atoms with Gasteiger partial charge in [0.1, 0.15) is 0 Å². The van der Waals surface area contributed by atoms with Gasteiger partial charge in [-0.15, -0.1) is 0 Å². The second-order valence-electron chi connectivity index (χ2n) is 9.49. The minimum absolute atomic E-state index is 0.000455. The van der Waals surface area contributed by atoms with E-state index >= 15 is 0 Å². The lowest BCUT2D eigenvalue weighted by Crippen LogP contribution is -2.45. The quantitative estimate of drug-likeness (QED) is 0.670. The summed E-state index contributed by atoms with van der Waals surface area (Å²) in [6.07, 6.45) is 4.63. The SMILES string of the molecule is Cc1cc(N2CCC(N(C)C(=O)c3ccc4c(c3)C(N(C)S(C)(=O)=O)CC4)CC2)cc(C)n1. The Hall–Kier alpha value is -2.45. The van der Waals surface area contributed by atoms with E-state index in [1.807, 2.05) is 44.0 Å². The monoisotopic (exact) mass is 470 g/mol. The van der Waals surface area contributed by atoms with Crippen LogP contribution < -0.4 is 4.90 Å². The van der Waals surface area contributed by atoms with E-state index in [1.165, 1.54) is 16.2 Å². The van der Waals surface area contributed by atoms with Crippen LogP contribution in [0, 0.1) is 13.8 Å². The van der Waals surface area contributed by atoms with E-state index in [0.717, 1.165) is 61.3 Å². The van der Waals surface area contributed by atoms with Gasteiger partial charge in [-0.1, -0.05) is 6.07 Å². The van der Waals surface area contributed by atoms with Crippen LogP contribution >= 0.6 is 0 Å². The van der Waals surface area contributed by atoms with Gasteiger partial charge in [0.15, 0.2) is 0 Å². The lowest BCUT2D eigenvalue weighted by molar-refractivity contribution is 0.0709. The number of fused-ring (bicyclic) bond motifs is 1. The van der Waals surface area contributed by atoms with Crippen molar-refractivity contribution in [2.45, 2.75) is 51.6 Å². The van der Waals surface area contributed by atoms with E-state index in [1.54, 1.807) is 7.05 Å². The Morgan fingerprint density at radius 3 is 2.27 bits per heavy atom. The van der Waals surface area contributed by atoms with Crippen LogP contribution in [0.4, 0.5) is 5.69 Å². The third-order valence-electron chi connectivity index (χ3n) is 7.16. The Kier molecular flexibility index (Phi) is 6.51. The lowest BCUT2D eigenvalue weighted by atomic mass is 10.00. The highest BCUT2D eigenvalue weighted by Gasteiger charge is 2.32. The van der Waals surface area contributed by atoms with Gasteiger partial charge in [-0.05, 0) is 74.9 Å². The number of hydrogen-bond donors (Lipinski definition) is 0. The van der Waals surface area contributed by atoms with Crippen LogP contribution in [0.15, 0.2) is 30.3 Å². The zero-order valence-electron chi connectivity index (χ0n) is 20.2. The van der Waals surface area contributed by atoms with Crippen LogP contribution in [0.1, 0.15) is 58.2 Å². The zero-order valence-corrected chi connectivity index (χ0v) is 21.0. The molecule has 1 saturated heterocycles. The summed E-state index contributed by atoms with van der Waals surface area (Å²) in [6, 6.07) is 10.0. The summed E-state index contributed by atoms with van der Waals surface area (Å²) in [4.78, 5) is 22.0. The van der Waals surface area contributed by atoms with Gasteiger partial charge in [0.2, 0.25) is 10.0 Å². The van der Waals surface area contributed by atoms with Gasteiger partial charge >= 0.3 is 0 Å². The molecular weight excluding hydrogens is 436 g/mol. The molecule has 33 heavy (non-hydrogen) atoms. The predicted octanol–water partition coefficient (Wildman–Crippen LogP) is 3.32. The number of aryl methyl sites for hydroxylation is 3. The van der Waals surface area contributed by atoms with Crippen molar-refractivity contribution in [1.82, 2.24) is 14.2 Å². The number of nitrogens with zero attached hydrogens (tertiary/aromatic N) is 4. The molecule has 8 heteroatoms. The van der Waals surface area contributed by atoms with Crippen molar-refractivity contribution in [3.8, 4) is 0 Å². The zero-order chi connectivity index (χ0) is 23.9. The van der Waals surface area contributed by atoms with Crippen molar-refractivity contribution >= 4 is 21.6 Å². The van der Waals surface area contributed by atoms with Crippen molar-refractivity contribution in [2.24, 2.45) is 0 Å². The van der Waals surface area contributed by atoms with Crippen LogP contribution in [-0.2, 0) is 16.4 Å². The first-order chi connectivity index (χ1) is 15.5. The fourth-order valence-corrected chi connectivity index (χ4v) is 5.88. The fraction of sp³-hybridized carbons (Fsp3) is 0.520. The fourth-order valence-electron chi connectivity index (χ4n) is 5.20. The predicted molar refractivity (Wildman–Crippen MR) is 131 cm³/mol. The summed E-state index contributed by atoms with van der Waals surface area (Å²) in [6.45, 7) is 5.84. The maximum atomic E-state index is 13.3. The number of benzene rings is 1. The number of hydrogen-bond acceptors (Lipinski definition) is 5. The Bertz CT molecular complexity index is 1140. The van der Waals surface area contributed by atoms with Crippen molar-refractivity contribution < 1.29 is 13.2 Å². The molecule has 1 aliphatic carbocycles. The number of amides is 1. The molecule has 1 aliphatic heterocycles. The average Bonchev–Trinajstić information content (AvgIpc) is 3.19. The number of piperidine rings is 1. The Balaban J connectivity index is 1.45. The van der Waals surface area contributed by atoms with E-state index in [0.29, 0.717) is 5.56 Å². The second-order valence-corrected chi connectivity index (χ2v) is 11.5. The standard InChI is InChI=1S/C25H34N4O3S/c1-17-14-22(15-18(2)26-17)29-12-10-21(11-13-29)27(3)25(30)20-7-6-19-8-9-24(23(19)16-20)28(4)33(5,31)32/h6-7,14-16,21,24H,8-13H2,1-5H3. The minimum atomic E-state index is -3.30. The van der Waals surface area contributed by atoms with Crippen molar-refractivity contribution in [3.05, 3.63) is 58.4 Å². The summed E-state index contributed by atoms with van der Waals surface area (Å²) in [7, 11) is 0.206. The van der Waals surface area contributed by atoms with Crippen LogP contribution in [0.25, 0.3) is 0 Å². The molecule has 1 fully saturated rings. The number of aromatic nitrogens is 1. The number of sulfonamides is 1. The normalized spacial score (nSPS) is 19.1. The number of pyridine rings is 1. The van der Waals surface area contributed by atoms with Gasteiger partial charge in [-0.3, -0.25) is 9.78 Å². The molecule has 7 nitrogen and oxygen atoms in total. The van der Waals surface area contributed by atoms with Crippen molar-refractivity contribution in [1.29, 1.82) is 0 Å². The highest BCUT2D eigenvalue weighted by Crippen LogP contribution is 2.37. The Morgan fingerprint density at radius 1 is 1.03 bits per heavy atom. The molecule has 4 rings (SSSR count). The summed E-state index contributed by atoms with van der Waals surface area (Å²) in [5, 5.41) is 0. The van der Waals surface area contributed by atoms with Gasteiger partial charge in [0.25, 0.3) is 5.91 Å². The van der Waals surface area contributed by atoms with Gasteiger partial charge in [-0.25, -0.2) is 8.42 Å². The molecule has 178 valence electrons. The molecule has 2 aromatic rings. The average molecular weight is 471 g/mol. The smallest absolute Gasteiger partial charge is 0.253 e. The second kappa shape index (κ2) is 9.06. The molecule has 0 radical (unpaired) electrons. The van der Waals surface area contributed by atoms with E-state index in [9.17, 15) is 13.2 Å². The number of carbonyl (C=O) groups is 1.